The number of hydrogen-bond acceptors (Lipinski definition) is 2. The van der Waals surface area contributed by atoms with Crippen molar-refractivity contribution in [1.29, 1.82) is 0 Å². The highest BCUT2D eigenvalue weighted by Gasteiger charge is 2.38. The van der Waals surface area contributed by atoms with E-state index in [1.807, 2.05) is 14.0 Å². The fraction of sp³-hybridized carbons (Fsp3) is 0.588. The van der Waals surface area contributed by atoms with Crippen LogP contribution < -0.4 is 10.6 Å². The molecule has 0 spiro atoms. The monoisotopic (exact) mass is 495 g/mol. The van der Waals surface area contributed by atoms with Crippen molar-refractivity contribution in [3.05, 3.63) is 34.3 Å². The zero-order chi connectivity index (χ0) is 15.8. The van der Waals surface area contributed by atoms with Crippen LogP contribution in [0.1, 0.15) is 37.7 Å². The van der Waals surface area contributed by atoms with E-state index in [4.69, 9.17) is 4.74 Å². The zero-order valence-corrected chi connectivity index (χ0v) is 17.8. The number of nitrogens with one attached hydrogen (secondary N) is 2. The summed E-state index contributed by atoms with van der Waals surface area (Å²) >= 11 is 3.48. The first-order valence-electron chi connectivity index (χ1n) is 8.05. The number of nitrogens with zero attached hydrogens (tertiary/aromatic N) is 1. The summed E-state index contributed by atoms with van der Waals surface area (Å²) in [6.45, 7) is 4.61. The van der Waals surface area contributed by atoms with Gasteiger partial charge in [-0.05, 0) is 43.9 Å². The predicted molar refractivity (Wildman–Crippen MR) is 111 cm³/mol. The molecule has 1 aliphatic carbocycles. The third-order valence-electron chi connectivity index (χ3n) is 3.85. The van der Waals surface area contributed by atoms with Gasteiger partial charge in [-0.3, -0.25) is 4.99 Å². The van der Waals surface area contributed by atoms with Crippen molar-refractivity contribution in [2.75, 3.05) is 26.8 Å². The molecule has 0 aliphatic heterocycles. The van der Waals surface area contributed by atoms with Crippen LogP contribution in [0.2, 0.25) is 0 Å². The average molecular weight is 496 g/mol. The minimum Gasteiger partial charge on any atom is -0.382 e. The van der Waals surface area contributed by atoms with Crippen molar-refractivity contribution in [2.45, 2.75) is 38.1 Å². The molecule has 0 heterocycles. The Bertz CT molecular complexity index is 481. The maximum absolute atomic E-state index is 5.34. The molecule has 1 aromatic rings. The Balaban J connectivity index is 0.00000264. The van der Waals surface area contributed by atoms with Gasteiger partial charge in [0.2, 0.25) is 0 Å². The lowest BCUT2D eigenvalue weighted by atomic mass is 10.1. The molecule has 2 unspecified atom stereocenters. The van der Waals surface area contributed by atoms with E-state index >= 15 is 0 Å². The summed E-state index contributed by atoms with van der Waals surface area (Å²) in [5.74, 6) is 1.51. The van der Waals surface area contributed by atoms with Crippen molar-refractivity contribution >= 4 is 45.9 Å². The van der Waals surface area contributed by atoms with Crippen molar-refractivity contribution in [1.82, 2.24) is 10.6 Å². The van der Waals surface area contributed by atoms with Gasteiger partial charge in [0, 0.05) is 43.2 Å². The highest BCUT2D eigenvalue weighted by atomic mass is 127. The Kier molecular flexibility index (Phi) is 10.1. The van der Waals surface area contributed by atoms with Crippen LogP contribution in [0.5, 0.6) is 0 Å². The summed E-state index contributed by atoms with van der Waals surface area (Å²) in [4.78, 5) is 4.30. The molecule has 2 atom stereocenters. The molecule has 0 radical (unpaired) electrons. The Morgan fingerprint density at radius 2 is 2.04 bits per heavy atom. The molecule has 1 fully saturated rings. The molecule has 23 heavy (non-hydrogen) atoms. The number of rotatable bonds is 8. The number of halogens is 2. The summed E-state index contributed by atoms with van der Waals surface area (Å²) in [5.41, 5.74) is 1.40. The van der Waals surface area contributed by atoms with Gasteiger partial charge < -0.3 is 15.4 Å². The molecule has 130 valence electrons. The van der Waals surface area contributed by atoms with Crippen LogP contribution in [-0.4, -0.2) is 38.8 Å². The Morgan fingerprint density at radius 3 is 2.70 bits per heavy atom. The van der Waals surface area contributed by atoms with E-state index in [0.29, 0.717) is 12.0 Å². The lowest BCUT2D eigenvalue weighted by Crippen LogP contribution is -2.39. The van der Waals surface area contributed by atoms with Gasteiger partial charge in [-0.25, -0.2) is 0 Å². The minimum absolute atomic E-state index is 0. The van der Waals surface area contributed by atoms with Crippen LogP contribution in [0.15, 0.2) is 33.7 Å². The van der Waals surface area contributed by atoms with Gasteiger partial charge in [0.1, 0.15) is 0 Å². The fourth-order valence-corrected chi connectivity index (χ4v) is 2.75. The second-order valence-electron chi connectivity index (χ2n) is 5.55. The van der Waals surface area contributed by atoms with Crippen LogP contribution >= 0.6 is 39.9 Å². The summed E-state index contributed by atoms with van der Waals surface area (Å²) in [6, 6.07) is 9.10. The lowest BCUT2D eigenvalue weighted by Gasteiger charge is -2.12. The molecular weight excluding hydrogens is 469 g/mol. The first kappa shape index (κ1) is 20.7. The third-order valence-corrected chi connectivity index (χ3v) is 4.38. The van der Waals surface area contributed by atoms with Crippen LogP contribution in [0.3, 0.4) is 0 Å². The predicted octanol–water partition coefficient (Wildman–Crippen LogP) is 3.90. The van der Waals surface area contributed by atoms with Crippen LogP contribution in [0.4, 0.5) is 0 Å². The molecule has 0 amide bonds. The Labute approximate surface area is 165 Å². The maximum Gasteiger partial charge on any atom is 0.191 e. The second kappa shape index (κ2) is 11.3. The SMILES string of the molecule is CCOCCCCNC(=NC)NC1CC1c1ccc(Br)cc1.I. The van der Waals surface area contributed by atoms with E-state index in [-0.39, 0.29) is 24.0 Å². The van der Waals surface area contributed by atoms with Gasteiger partial charge in [0.25, 0.3) is 0 Å². The number of aliphatic imine (C=N–C) groups is 1. The smallest absolute Gasteiger partial charge is 0.191 e. The van der Waals surface area contributed by atoms with Crippen molar-refractivity contribution in [3.63, 3.8) is 0 Å². The molecule has 1 aromatic carbocycles. The molecule has 6 heteroatoms. The quantitative estimate of drug-likeness (QED) is 0.249. The summed E-state index contributed by atoms with van der Waals surface area (Å²) in [5, 5.41) is 6.88. The zero-order valence-electron chi connectivity index (χ0n) is 13.8. The lowest BCUT2D eigenvalue weighted by molar-refractivity contribution is 0.143. The number of hydrogen-bond donors (Lipinski definition) is 2. The number of unbranched alkanes of at least 4 members (excludes halogenated alkanes) is 1. The van der Waals surface area contributed by atoms with Crippen LogP contribution in [0, 0.1) is 0 Å². The number of ether oxygens (including phenoxy) is 1. The molecule has 0 bridgehead atoms. The number of guanidine groups is 1. The van der Waals surface area contributed by atoms with Crippen molar-refractivity contribution in [2.24, 2.45) is 4.99 Å². The first-order valence-corrected chi connectivity index (χ1v) is 8.84. The van der Waals surface area contributed by atoms with Gasteiger partial charge in [-0.2, -0.15) is 0 Å². The van der Waals surface area contributed by atoms with Gasteiger partial charge in [0.05, 0.1) is 0 Å². The summed E-state index contributed by atoms with van der Waals surface area (Å²) in [7, 11) is 1.83. The van der Waals surface area contributed by atoms with Gasteiger partial charge in [-0.15, -0.1) is 24.0 Å². The normalized spacial score (nSPS) is 19.9. The molecule has 2 N–H and O–H groups in total. The van der Waals surface area contributed by atoms with Gasteiger partial charge in [0.15, 0.2) is 5.96 Å². The highest BCUT2D eigenvalue weighted by Crippen LogP contribution is 2.40. The van der Waals surface area contributed by atoms with Gasteiger partial charge >= 0.3 is 0 Å². The topological polar surface area (TPSA) is 45.6 Å². The average Bonchev–Trinajstić information content (AvgIpc) is 3.29. The van der Waals surface area contributed by atoms with E-state index in [1.165, 1.54) is 12.0 Å². The standard InChI is InChI=1S/C17H26BrN3O.HI/c1-3-22-11-5-4-10-20-17(19-2)21-16-12-15(16)13-6-8-14(18)9-7-13;/h6-9,15-16H,3-5,10-12H2,1-2H3,(H2,19,20,21);1H. The third kappa shape index (κ3) is 7.39. The van der Waals surface area contributed by atoms with E-state index < -0.39 is 0 Å². The van der Waals surface area contributed by atoms with Crippen LogP contribution in [0.25, 0.3) is 0 Å². The molecule has 1 saturated carbocycles. The molecule has 4 nitrogen and oxygen atoms in total. The molecule has 2 rings (SSSR count). The molecule has 1 aliphatic rings. The number of benzene rings is 1. The van der Waals surface area contributed by atoms with Crippen molar-refractivity contribution in [3.8, 4) is 0 Å². The van der Waals surface area contributed by atoms with E-state index in [1.54, 1.807) is 0 Å². The van der Waals surface area contributed by atoms with Gasteiger partial charge in [-0.1, -0.05) is 28.1 Å². The fourth-order valence-electron chi connectivity index (χ4n) is 2.48. The second-order valence-corrected chi connectivity index (χ2v) is 6.46. The summed E-state index contributed by atoms with van der Waals surface area (Å²) < 4.78 is 6.47. The maximum atomic E-state index is 5.34. The Morgan fingerprint density at radius 1 is 1.30 bits per heavy atom. The molecule has 0 saturated heterocycles. The van der Waals surface area contributed by atoms with E-state index in [2.05, 4.69) is 55.8 Å². The van der Waals surface area contributed by atoms with E-state index in [0.717, 1.165) is 43.0 Å². The molecular formula is C17H27BrIN3O. The molecule has 0 aromatic heterocycles. The van der Waals surface area contributed by atoms with Crippen molar-refractivity contribution < 1.29 is 4.74 Å². The minimum atomic E-state index is 0. The first-order chi connectivity index (χ1) is 10.7. The van der Waals surface area contributed by atoms with E-state index in [9.17, 15) is 0 Å². The highest BCUT2D eigenvalue weighted by molar-refractivity contribution is 14.0. The Hall–Kier alpha value is -0.340. The summed E-state index contributed by atoms with van der Waals surface area (Å²) in [6.07, 6.45) is 3.36. The largest absolute Gasteiger partial charge is 0.382 e. The van der Waals surface area contributed by atoms with Crippen LogP contribution in [-0.2, 0) is 4.74 Å².